The van der Waals surface area contributed by atoms with Gasteiger partial charge in [0.15, 0.2) is 0 Å². The van der Waals surface area contributed by atoms with E-state index in [0.29, 0.717) is 19.6 Å². The van der Waals surface area contributed by atoms with Gasteiger partial charge in [-0.1, -0.05) is 12.2 Å². The largest absolute Gasteiger partial charge is 0.481 e. The van der Waals surface area contributed by atoms with Gasteiger partial charge < -0.3 is 14.9 Å². The van der Waals surface area contributed by atoms with Crippen molar-refractivity contribution in [3.63, 3.8) is 0 Å². The molecule has 1 N–H and O–H groups in total. The molecule has 1 atom stereocenters. The summed E-state index contributed by atoms with van der Waals surface area (Å²) < 4.78 is 1.65. The quantitative estimate of drug-likeness (QED) is 0.829. The molecule has 2 heterocycles. The molecule has 7 heteroatoms. The van der Waals surface area contributed by atoms with Crippen molar-refractivity contribution in [3.05, 3.63) is 43.3 Å². The molecule has 2 amide bonds. The summed E-state index contributed by atoms with van der Waals surface area (Å²) in [5.74, 6) is -1.61. The van der Waals surface area contributed by atoms with Crippen LogP contribution in [0.2, 0.25) is 0 Å². The van der Waals surface area contributed by atoms with E-state index in [-0.39, 0.29) is 19.1 Å². The zero-order chi connectivity index (χ0) is 16.1. The summed E-state index contributed by atoms with van der Waals surface area (Å²) in [5, 5.41) is 13.5. The van der Waals surface area contributed by atoms with Gasteiger partial charge in [-0.05, 0) is 6.07 Å². The van der Waals surface area contributed by atoms with Crippen molar-refractivity contribution in [2.45, 2.75) is 13.1 Å². The van der Waals surface area contributed by atoms with E-state index < -0.39 is 11.9 Å². The molecular weight excluding hydrogens is 284 g/mol. The molecule has 1 unspecified atom stereocenters. The predicted octanol–water partition coefficient (Wildman–Crippen LogP) is 1.19. The molecule has 1 aliphatic heterocycles. The van der Waals surface area contributed by atoms with E-state index in [0.717, 1.165) is 5.69 Å². The molecule has 1 aliphatic rings. The topological polar surface area (TPSA) is 78.7 Å². The first kappa shape index (κ1) is 15.8. The van der Waals surface area contributed by atoms with Gasteiger partial charge in [-0.2, -0.15) is 5.10 Å². The van der Waals surface area contributed by atoms with Crippen LogP contribution in [0.3, 0.4) is 0 Å². The Hall–Kier alpha value is -2.57. The maximum absolute atomic E-state index is 12.7. The Bertz CT molecular complexity index is 571. The van der Waals surface area contributed by atoms with Gasteiger partial charge in [0.1, 0.15) is 0 Å². The standard InChI is InChI=1S/C15H20N4O3/c1-3-7-17(8-4-2)15(22)18-9-12(14(20)21)10-19-13(11-18)5-6-16-19/h3-6,12H,1-2,7-11H2,(H,20,21). The summed E-state index contributed by atoms with van der Waals surface area (Å²) in [6.45, 7) is 8.83. The summed E-state index contributed by atoms with van der Waals surface area (Å²) in [7, 11) is 0. The molecule has 2 rings (SSSR count). The molecule has 0 spiro atoms. The number of carbonyl (C=O) groups is 2. The first-order chi connectivity index (χ1) is 10.6. The molecule has 0 saturated carbocycles. The molecular formula is C15H20N4O3. The van der Waals surface area contributed by atoms with Gasteiger partial charge >= 0.3 is 12.0 Å². The Morgan fingerprint density at radius 1 is 1.36 bits per heavy atom. The lowest BCUT2D eigenvalue weighted by molar-refractivity contribution is -0.142. The molecule has 0 aliphatic carbocycles. The number of carboxylic acids is 1. The van der Waals surface area contributed by atoms with Crippen molar-refractivity contribution in [3.8, 4) is 0 Å². The average Bonchev–Trinajstić information content (AvgIpc) is 2.83. The van der Waals surface area contributed by atoms with Crippen LogP contribution < -0.4 is 0 Å². The van der Waals surface area contributed by atoms with E-state index in [2.05, 4.69) is 18.3 Å². The third-order valence-corrected chi connectivity index (χ3v) is 3.58. The van der Waals surface area contributed by atoms with E-state index >= 15 is 0 Å². The molecule has 0 saturated heterocycles. The van der Waals surface area contributed by atoms with Crippen LogP contribution in [0.5, 0.6) is 0 Å². The summed E-state index contributed by atoms with van der Waals surface area (Å²) in [6, 6.07) is 1.58. The number of urea groups is 1. The Labute approximate surface area is 129 Å². The molecule has 22 heavy (non-hydrogen) atoms. The number of carbonyl (C=O) groups excluding carboxylic acids is 1. The van der Waals surface area contributed by atoms with Crippen LogP contribution in [-0.4, -0.2) is 56.3 Å². The van der Waals surface area contributed by atoms with Crippen LogP contribution >= 0.6 is 0 Å². The summed E-state index contributed by atoms with van der Waals surface area (Å²) >= 11 is 0. The van der Waals surface area contributed by atoms with E-state index in [1.807, 2.05) is 0 Å². The number of fused-ring (bicyclic) bond motifs is 1. The highest BCUT2D eigenvalue weighted by atomic mass is 16.4. The van der Waals surface area contributed by atoms with Crippen molar-refractivity contribution < 1.29 is 14.7 Å². The monoisotopic (exact) mass is 304 g/mol. The molecule has 0 radical (unpaired) electrons. The Kier molecular flexibility index (Phi) is 4.98. The number of aromatic nitrogens is 2. The Morgan fingerprint density at radius 3 is 2.64 bits per heavy atom. The minimum absolute atomic E-state index is 0.155. The minimum Gasteiger partial charge on any atom is -0.481 e. The minimum atomic E-state index is -0.930. The molecule has 0 fully saturated rings. The lowest BCUT2D eigenvalue weighted by Gasteiger charge is -2.29. The Morgan fingerprint density at radius 2 is 2.05 bits per heavy atom. The van der Waals surface area contributed by atoms with Crippen LogP contribution in [0.4, 0.5) is 4.79 Å². The highest BCUT2D eigenvalue weighted by molar-refractivity contribution is 5.76. The fourth-order valence-corrected chi connectivity index (χ4v) is 2.50. The van der Waals surface area contributed by atoms with Crippen molar-refractivity contribution in [2.75, 3.05) is 19.6 Å². The van der Waals surface area contributed by atoms with Crippen molar-refractivity contribution in [1.29, 1.82) is 0 Å². The van der Waals surface area contributed by atoms with Crippen molar-refractivity contribution in [1.82, 2.24) is 19.6 Å². The first-order valence-electron chi connectivity index (χ1n) is 7.06. The number of carboxylic acid groups (broad SMARTS) is 1. The van der Waals surface area contributed by atoms with Crippen LogP contribution in [0.15, 0.2) is 37.6 Å². The number of hydrogen-bond donors (Lipinski definition) is 1. The maximum Gasteiger partial charge on any atom is 0.320 e. The van der Waals surface area contributed by atoms with E-state index in [4.69, 9.17) is 0 Å². The van der Waals surface area contributed by atoms with E-state index in [1.54, 1.807) is 38.9 Å². The van der Waals surface area contributed by atoms with Crippen LogP contribution in [0, 0.1) is 5.92 Å². The highest BCUT2D eigenvalue weighted by Gasteiger charge is 2.31. The van der Waals surface area contributed by atoms with Gasteiger partial charge in [-0.3, -0.25) is 9.48 Å². The number of aliphatic carboxylic acids is 1. The summed E-state index contributed by atoms with van der Waals surface area (Å²) in [6.07, 6.45) is 4.89. The molecule has 7 nitrogen and oxygen atoms in total. The third kappa shape index (κ3) is 3.36. The number of nitrogens with zero attached hydrogens (tertiary/aromatic N) is 4. The van der Waals surface area contributed by atoms with Gasteiger partial charge in [-0.15, -0.1) is 13.2 Å². The van der Waals surface area contributed by atoms with Gasteiger partial charge in [0, 0.05) is 25.8 Å². The lowest BCUT2D eigenvalue weighted by atomic mass is 10.1. The second kappa shape index (κ2) is 6.93. The van der Waals surface area contributed by atoms with Gasteiger partial charge in [0.05, 0.1) is 24.7 Å². The van der Waals surface area contributed by atoms with Crippen molar-refractivity contribution in [2.24, 2.45) is 5.92 Å². The van der Waals surface area contributed by atoms with Gasteiger partial charge in [-0.25, -0.2) is 4.79 Å². The van der Waals surface area contributed by atoms with Gasteiger partial charge in [0.2, 0.25) is 0 Å². The second-order valence-electron chi connectivity index (χ2n) is 5.19. The lowest BCUT2D eigenvalue weighted by Crippen LogP contribution is -2.45. The Balaban J connectivity index is 2.24. The SMILES string of the molecule is C=CCN(CC=C)C(=O)N1Cc2ccnn2CC(C(=O)O)C1. The predicted molar refractivity (Wildman–Crippen MR) is 81.1 cm³/mol. The zero-order valence-corrected chi connectivity index (χ0v) is 12.4. The van der Waals surface area contributed by atoms with Gasteiger partial charge in [0.25, 0.3) is 0 Å². The number of hydrogen-bond acceptors (Lipinski definition) is 3. The van der Waals surface area contributed by atoms with Crippen LogP contribution in [0.25, 0.3) is 0 Å². The van der Waals surface area contributed by atoms with Crippen LogP contribution in [-0.2, 0) is 17.9 Å². The molecule has 1 aromatic heterocycles. The van der Waals surface area contributed by atoms with Crippen molar-refractivity contribution >= 4 is 12.0 Å². The molecule has 0 bridgehead atoms. The average molecular weight is 304 g/mol. The third-order valence-electron chi connectivity index (χ3n) is 3.58. The summed E-state index contributed by atoms with van der Waals surface area (Å²) in [5.41, 5.74) is 0.828. The summed E-state index contributed by atoms with van der Waals surface area (Å²) in [4.78, 5) is 27.2. The first-order valence-corrected chi connectivity index (χ1v) is 7.06. The normalized spacial score (nSPS) is 17.3. The van der Waals surface area contributed by atoms with E-state index in [1.165, 1.54) is 0 Å². The zero-order valence-electron chi connectivity index (χ0n) is 12.4. The maximum atomic E-state index is 12.7. The highest BCUT2D eigenvalue weighted by Crippen LogP contribution is 2.17. The second-order valence-corrected chi connectivity index (χ2v) is 5.19. The fourth-order valence-electron chi connectivity index (χ4n) is 2.50. The molecule has 1 aromatic rings. The number of rotatable bonds is 5. The molecule has 0 aromatic carbocycles. The fraction of sp³-hybridized carbons (Fsp3) is 0.400. The van der Waals surface area contributed by atoms with E-state index in [9.17, 15) is 14.7 Å². The molecule has 118 valence electrons. The smallest absolute Gasteiger partial charge is 0.320 e. The number of amides is 2. The van der Waals surface area contributed by atoms with Crippen LogP contribution in [0.1, 0.15) is 5.69 Å².